The van der Waals surface area contributed by atoms with Crippen LogP contribution in [0.5, 0.6) is 0 Å². The Balaban J connectivity index is 0.943. The molecule has 17 rings (SSSR count). The molecule has 0 fully saturated rings. The molecule has 0 radical (unpaired) electrons. The van der Waals surface area contributed by atoms with Gasteiger partial charge in [0.1, 0.15) is 0 Å². The Kier molecular flexibility index (Phi) is 14.8. The van der Waals surface area contributed by atoms with Gasteiger partial charge in [0.15, 0.2) is 17.5 Å². The van der Waals surface area contributed by atoms with Gasteiger partial charge in [-0.3, -0.25) is 0 Å². The van der Waals surface area contributed by atoms with E-state index in [-0.39, 0.29) is 28.9 Å². The fourth-order valence-electron chi connectivity index (χ4n) is 14.8. The molecule has 482 valence electrons. The lowest BCUT2D eigenvalue weighted by molar-refractivity contribution is -0.137. The van der Waals surface area contributed by atoms with Crippen LogP contribution in [0.15, 0.2) is 303 Å². The van der Waals surface area contributed by atoms with Crippen LogP contribution in [0, 0.1) is 0 Å². The average molecular weight is 1300 g/mol. The van der Waals surface area contributed by atoms with Gasteiger partial charge in [-0.25, -0.2) is 15.0 Å². The van der Waals surface area contributed by atoms with E-state index in [1.54, 1.807) is 6.07 Å². The van der Waals surface area contributed by atoms with Crippen molar-refractivity contribution in [2.45, 2.75) is 58.5 Å². The second-order valence-corrected chi connectivity index (χ2v) is 28.3. The molecule has 0 aliphatic carbocycles. The Morgan fingerprint density at radius 1 is 0.290 bits per heavy atom. The minimum atomic E-state index is -4.68. The van der Waals surface area contributed by atoms with Crippen molar-refractivity contribution in [3.05, 3.63) is 320 Å². The molecule has 0 amide bonds. The molecule has 0 bridgehead atoms. The number of anilines is 6. The molecule has 100 heavy (non-hydrogen) atoms. The van der Waals surface area contributed by atoms with Crippen molar-refractivity contribution in [3.63, 3.8) is 0 Å². The van der Waals surface area contributed by atoms with Crippen molar-refractivity contribution in [1.29, 1.82) is 0 Å². The number of alkyl halides is 3. The second-order valence-electron chi connectivity index (χ2n) is 28.3. The van der Waals surface area contributed by atoms with Gasteiger partial charge in [0.25, 0.3) is 6.71 Å². The Labute approximate surface area is 581 Å². The Morgan fingerprint density at radius 2 is 0.650 bits per heavy atom. The van der Waals surface area contributed by atoms with Crippen LogP contribution in [0.1, 0.15) is 58.2 Å². The lowest BCUT2D eigenvalue weighted by Crippen LogP contribution is -2.61. The van der Waals surface area contributed by atoms with E-state index in [1.165, 1.54) is 39.6 Å². The van der Waals surface area contributed by atoms with Gasteiger partial charge in [-0.15, -0.1) is 0 Å². The van der Waals surface area contributed by atoms with E-state index in [2.05, 4.69) is 262 Å². The fourth-order valence-corrected chi connectivity index (χ4v) is 14.8. The SMILES string of the molecule is CC(C)(C)c1ccc2c(c1)N(c1ccc(-c3ccccc3)cc1)c1cc(-c3ccc4c(c3)c3cc(-c5ccccc5)ccc3n4-c3ccc(C(F)(F)F)cc3-c3nc(-c4ccccc4)nc(-c4ccccc4)n3)cc3c1B2c1ccc(C(C)(C)C)cc1N3c1ccc(-c2ccccc2)cc1. The molecular weight excluding hydrogens is 1230 g/mol. The zero-order valence-electron chi connectivity index (χ0n) is 56.3. The summed E-state index contributed by atoms with van der Waals surface area (Å²) in [6.45, 7) is 13.6. The van der Waals surface area contributed by atoms with Crippen molar-refractivity contribution >= 4 is 79.0 Å². The molecule has 0 atom stereocenters. The summed E-state index contributed by atoms with van der Waals surface area (Å²) in [5.41, 5.74) is 23.5. The summed E-state index contributed by atoms with van der Waals surface area (Å²) >= 11 is 0. The molecule has 2 aliphatic rings. The number of hydrogen-bond acceptors (Lipinski definition) is 5. The zero-order valence-corrected chi connectivity index (χ0v) is 56.3. The molecular formula is C90H68BF3N6. The molecule has 2 aliphatic heterocycles. The molecule has 0 unspecified atom stereocenters. The highest BCUT2D eigenvalue weighted by Crippen LogP contribution is 2.50. The molecule has 0 saturated carbocycles. The van der Waals surface area contributed by atoms with Crippen LogP contribution < -0.4 is 26.2 Å². The topological polar surface area (TPSA) is 50.1 Å². The van der Waals surface area contributed by atoms with Gasteiger partial charge in [0, 0.05) is 61.6 Å². The van der Waals surface area contributed by atoms with Crippen molar-refractivity contribution in [3.8, 4) is 84.4 Å². The standard InChI is InChI=1S/C90H68BF3N6/c1-88(2,3)67-38-45-75-80(55-67)98(70-41-32-60(33-42-70)57-22-12-7-13-23-57)82-52-66(53-83-84(82)91(75)76-46-39-68(89(4,5)6)56-81(76)99(83)71-43-34-61(35-44-71)58-24-14-8-15-25-58)65-37-48-78-73(51-65)72-50-64(59-26-16-9-17-27-59)36-47-77(72)100(78)79-49-40-69(90(92,93)94)54-74(79)87-96-85(62-28-18-10-19-29-62)95-86(97-87)63-30-20-11-21-31-63/h7-56H,1-6H3. The van der Waals surface area contributed by atoms with Crippen LogP contribution >= 0.6 is 0 Å². The largest absolute Gasteiger partial charge is 0.416 e. The minimum Gasteiger partial charge on any atom is -0.311 e. The Hall–Kier alpha value is -11.9. The maximum absolute atomic E-state index is 15.4. The third-order valence-corrected chi connectivity index (χ3v) is 20.0. The third-order valence-electron chi connectivity index (χ3n) is 20.0. The van der Waals surface area contributed by atoms with Gasteiger partial charge in [0.05, 0.1) is 22.3 Å². The van der Waals surface area contributed by atoms with Crippen LogP contribution in [-0.2, 0) is 17.0 Å². The summed E-state index contributed by atoms with van der Waals surface area (Å²) < 4.78 is 48.2. The van der Waals surface area contributed by atoms with Crippen molar-refractivity contribution in [1.82, 2.24) is 19.5 Å². The molecule has 2 aromatic heterocycles. The molecule has 10 heteroatoms. The summed E-state index contributed by atoms with van der Waals surface area (Å²) in [6.07, 6.45) is -4.68. The first-order valence-corrected chi connectivity index (χ1v) is 34.1. The highest BCUT2D eigenvalue weighted by atomic mass is 19.4. The van der Waals surface area contributed by atoms with Crippen LogP contribution in [0.4, 0.5) is 47.3 Å². The van der Waals surface area contributed by atoms with E-state index in [4.69, 9.17) is 15.0 Å². The first-order chi connectivity index (χ1) is 48.5. The Morgan fingerprint density at radius 3 is 1.06 bits per heavy atom. The Bertz CT molecular complexity index is 5420. The maximum atomic E-state index is 15.4. The summed E-state index contributed by atoms with van der Waals surface area (Å²) in [5, 5.41) is 1.83. The van der Waals surface area contributed by atoms with Crippen LogP contribution in [-0.4, -0.2) is 26.2 Å². The molecule has 0 N–H and O–H groups in total. The van der Waals surface area contributed by atoms with E-state index in [9.17, 15) is 0 Å². The third kappa shape index (κ3) is 10.9. The molecule has 4 heterocycles. The van der Waals surface area contributed by atoms with Gasteiger partial charge in [-0.2, -0.15) is 13.2 Å². The van der Waals surface area contributed by atoms with Crippen molar-refractivity contribution < 1.29 is 13.2 Å². The number of nitrogens with zero attached hydrogens (tertiary/aromatic N) is 6. The monoisotopic (exact) mass is 1300 g/mol. The van der Waals surface area contributed by atoms with Gasteiger partial charge in [-0.1, -0.05) is 254 Å². The summed E-state index contributed by atoms with van der Waals surface area (Å²) in [5.74, 6) is 0.780. The summed E-state index contributed by atoms with van der Waals surface area (Å²) in [6, 6.07) is 104. The van der Waals surface area contributed by atoms with E-state index in [0.29, 0.717) is 28.5 Å². The maximum Gasteiger partial charge on any atom is 0.416 e. The van der Waals surface area contributed by atoms with E-state index in [0.717, 1.165) is 100 Å². The first-order valence-electron chi connectivity index (χ1n) is 34.1. The van der Waals surface area contributed by atoms with Gasteiger partial charge < -0.3 is 14.4 Å². The number of rotatable bonds is 10. The minimum absolute atomic E-state index is 0.105. The summed E-state index contributed by atoms with van der Waals surface area (Å²) in [4.78, 5) is 20.1. The zero-order chi connectivity index (χ0) is 68.2. The highest BCUT2D eigenvalue weighted by molar-refractivity contribution is 7.00. The molecule has 0 spiro atoms. The molecule has 15 aromatic rings. The predicted octanol–water partition coefficient (Wildman–Crippen LogP) is 22.3. The van der Waals surface area contributed by atoms with Gasteiger partial charge in [-0.05, 0) is 174 Å². The average Bonchev–Trinajstić information content (AvgIpc) is 0.768. The fraction of sp³-hybridized carbons (Fsp3) is 0.100. The first kappa shape index (κ1) is 61.7. The second kappa shape index (κ2) is 24.0. The van der Waals surface area contributed by atoms with Gasteiger partial charge in [0.2, 0.25) is 0 Å². The van der Waals surface area contributed by atoms with Crippen molar-refractivity contribution in [2.24, 2.45) is 0 Å². The molecule has 0 saturated heterocycles. The highest BCUT2D eigenvalue weighted by Gasteiger charge is 2.45. The summed E-state index contributed by atoms with van der Waals surface area (Å²) in [7, 11) is 0. The number of aromatic nitrogens is 4. The van der Waals surface area contributed by atoms with Gasteiger partial charge >= 0.3 is 6.18 Å². The van der Waals surface area contributed by atoms with Crippen LogP contribution in [0.2, 0.25) is 0 Å². The van der Waals surface area contributed by atoms with Crippen LogP contribution in [0.25, 0.3) is 106 Å². The lowest BCUT2D eigenvalue weighted by atomic mass is 9.33. The van der Waals surface area contributed by atoms with E-state index in [1.807, 2.05) is 78.9 Å². The predicted molar refractivity (Wildman–Crippen MR) is 409 cm³/mol. The smallest absolute Gasteiger partial charge is 0.311 e. The normalized spacial score (nSPS) is 12.8. The van der Waals surface area contributed by atoms with E-state index >= 15 is 13.2 Å². The van der Waals surface area contributed by atoms with Crippen molar-refractivity contribution in [2.75, 3.05) is 9.80 Å². The molecule has 13 aromatic carbocycles. The van der Waals surface area contributed by atoms with E-state index < -0.39 is 11.7 Å². The number of hydrogen-bond donors (Lipinski definition) is 0. The number of benzene rings is 13. The molecule has 6 nitrogen and oxygen atoms in total. The number of halogens is 3. The number of fused-ring (bicyclic) bond motifs is 7. The van der Waals surface area contributed by atoms with Crippen LogP contribution in [0.3, 0.4) is 0 Å². The quantitative estimate of drug-likeness (QED) is 0.128. The lowest BCUT2D eigenvalue weighted by Gasteiger charge is -2.45.